The number of carbonyl (C=O) groups excluding carboxylic acids is 1. The lowest BCUT2D eigenvalue weighted by molar-refractivity contribution is -0.150. The van der Waals surface area contributed by atoms with E-state index in [1.54, 1.807) is 39.1 Å². The molecule has 0 saturated heterocycles. The summed E-state index contributed by atoms with van der Waals surface area (Å²) in [5.74, 6) is -0.907. The summed E-state index contributed by atoms with van der Waals surface area (Å²) >= 11 is 0. The number of nitrogens with one attached hydrogen (secondary N) is 1. The first-order chi connectivity index (χ1) is 7.56. The fraction of sp³-hybridized carbons (Fsp3) is 0.417. The molecular formula is C12H16FNO2. The van der Waals surface area contributed by atoms with Gasteiger partial charge in [-0.1, -0.05) is 18.2 Å². The van der Waals surface area contributed by atoms with Crippen LogP contribution in [0.25, 0.3) is 0 Å². The van der Waals surface area contributed by atoms with Crippen LogP contribution < -0.4 is 5.32 Å². The number of halogens is 1. The number of likely N-dealkylation sites (N-methyl/N-ethyl adjacent to an activating group) is 1. The zero-order valence-corrected chi connectivity index (χ0v) is 9.71. The Bertz CT molecular complexity index is 381. The number of rotatable bonds is 4. The van der Waals surface area contributed by atoms with Gasteiger partial charge in [0.05, 0.1) is 6.61 Å². The third-order valence-electron chi connectivity index (χ3n) is 2.60. The Morgan fingerprint density at radius 3 is 2.62 bits per heavy atom. The quantitative estimate of drug-likeness (QED) is 0.794. The SMILES string of the molecule is CCOC(=O)C(C)(NC)c1ccccc1F. The fourth-order valence-electron chi connectivity index (χ4n) is 1.49. The van der Waals surface area contributed by atoms with E-state index in [1.165, 1.54) is 6.07 Å². The number of benzene rings is 1. The minimum atomic E-state index is -1.15. The lowest BCUT2D eigenvalue weighted by atomic mass is 9.92. The molecule has 0 aromatic heterocycles. The molecule has 0 saturated carbocycles. The Hall–Kier alpha value is -1.42. The van der Waals surface area contributed by atoms with Crippen LogP contribution in [0.4, 0.5) is 4.39 Å². The molecule has 0 amide bonds. The highest BCUT2D eigenvalue weighted by Crippen LogP contribution is 2.24. The zero-order chi connectivity index (χ0) is 12.2. The summed E-state index contributed by atoms with van der Waals surface area (Å²) in [6.07, 6.45) is 0. The third kappa shape index (κ3) is 2.22. The number of hydrogen-bond acceptors (Lipinski definition) is 3. The monoisotopic (exact) mass is 225 g/mol. The van der Waals surface area contributed by atoms with Crippen LogP contribution in [-0.2, 0) is 15.1 Å². The average Bonchev–Trinajstić information content (AvgIpc) is 2.29. The summed E-state index contributed by atoms with van der Waals surface area (Å²) in [7, 11) is 1.60. The molecule has 88 valence electrons. The first-order valence-corrected chi connectivity index (χ1v) is 5.17. The molecule has 0 spiro atoms. The van der Waals surface area contributed by atoms with Crippen molar-refractivity contribution in [2.45, 2.75) is 19.4 Å². The van der Waals surface area contributed by atoms with Crippen LogP contribution in [0.2, 0.25) is 0 Å². The van der Waals surface area contributed by atoms with Crippen molar-refractivity contribution in [1.29, 1.82) is 0 Å². The number of carbonyl (C=O) groups is 1. The van der Waals surface area contributed by atoms with E-state index in [9.17, 15) is 9.18 Å². The summed E-state index contributed by atoms with van der Waals surface area (Å²) in [6.45, 7) is 3.59. The maximum Gasteiger partial charge on any atom is 0.330 e. The fourth-order valence-corrected chi connectivity index (χ4v) is 1.49. The number of hydrogen-bond donors (Lipinski definition) is 1. The standard InChI is InChI=1S/C12H16FNO2/c1-4-16-11(15)12(2,14-3)9-7-5-6-8-10(9)13/h5-8,14H,4H2,1-3H3. The summed E-state index contributed by atoms with van der Waals surface area (Å²) in [5, 5.41) is 2.81. The summed E-state index contributed by atoms with van der Waals surface area (Å²) in [5.41, 5.74) is -0.864. The Balaban J connectivity index is 3.14. The van der Waals surface area contributed by atoms with Gasteiger partial charge in [0.15, 0.2) is 0 Å². The Morgan fingerprint density at radius 2 is 2.12 bits per heavy atom. The van der Waals surface area contributed by atoms with Gasteiger partial charge >= 0.3 is 5.97 Å². The molecule has 1 rings (SSSR count). The van der Waals surface area contributed by atoms with Gasteiger partial charge in [0.25, 0.3) is 0 Å². The second-order valence-corrected chi connectivity index (χ2v) is 3.58. The van der Waals surface area contributed by atoms with E-state index >= 15 is 0 Å². The second-order valence-electron chi connectivity index (χ2n) is 3.58. The topological polar surface area (TPSA) is 38.3 Å². The number of ether oxygens (including phenoxy) is 1. The predicted octanol–water partition coefficient (Wildman–Crippen LogP) is 1.82. The molecule has 0 fully saturated rings. The van der Waals surface area contributed by atoms with Crippen molar-refractivity contribution >= 4 is 5.97 Å². The molecule has 0 radical (unpaired) electrons. The Morgan fingerprint density at radius 1 is 1.50 bits per heavy atom. The molecule has 1 aromatic rings. The van der Waals surface area contributed by atoms with E-state index < -0.39 is 17.3 Å². The third-order valence-corrected chi connectivity index (χ3v) is 2.60. The van der Waals surface area contributed by atoms with Crippen LogP contribution in [0.1, 0.15) is 19.4 Å². The molecule has 0 aliphatic carbocycles. The molecule has 16 heavy (non-hydrogen) atoms. The van der Waals surface area contributed by atoms with E-state index in [0.717, 1.165) is 0 Å². The van der Waals surface area contributed by atoms with E-state index in [-0.39, 0.29) is 12.2 Å². The molecule has 0 bridgehead atoms. The first-order valence-electron chi connectivity index (χ1n) is 5.17. The van der Waals surface area contributed by atoms with E-state index in [2.05, 4.69) is 5.32 Å². The smallest absolute Gasteiger partial charge is 0.330 e. The molecule has 1 N–H and O–H groups in total. The molecular weight excluding hydrogens is 209 g/mol. The lowest BCUT2D eigenvalue weighted by Gasteiger charge is -2.27. The average molecular weight is 225 g/mol. The molecule has 0 heterocycles. The molecule has 1 aromatic carbocycles. The van der Waals surface area contributed by atoms with E-state index in [1.807, 2.05) is 0 Å². The van der Waals surface area contributed by atoms with Crippen LogP contribution in [0, 0.1) is 5.82 Å². The van der Waals surface area contributed by atoms with Gasteiger partial charge in [-0.3, -0.25) is 0 Å². The minimum absolute atomic E-state index is 0.268. The summed E-state index contributed by atoms with van der Waals surface area (Å²) in [6, 6.07) is 6.17. The second kappa shape index (κ2) is 5.07. The van der Waals surface area contributed by atoms with Gasteiger partial charge in [0, 0.05) is 5.56 Å². The molecule has 3 nitrogen and oxygen atoms in total. The molecule has 0 aliphatic heterocycles. The van der Waals surface area contributed by atoms with Crippen LogP contribution in [0.15, 0.2) is 24.3 Å². The summed E-state index contributed by atoms with van der Waals surface area (Å²) in [4.78, 5) is 11.8. The van der Waals surface area contributed by atoms with Crippen LogP contribution in [-0.4, -0.2) is 19.6 Å². The van der Waals surface area contributed by atoms with Gasteiger partial charge in [-0.2, -0.15) is 0 Å². The highest BCUT2D eigenvalue weighted by molar-refractivity contribution is 5.82. The Labute approximate surface area is 94.6 Å². The first kappa shape index (κ1) is 12.6. The van der Waals surface area contributed by atoms with Crippen molar-refractivity contribution in [2.75, 3.05) is 13.7 Å². The van der Waals surface area contributed by atoms with Crippen LogP contribution in [0.5, 0.6) is 0 Å². The molecule has 0 aliphatic rings. The van der Waals surface area contributed by atoms with Crippen LogP contribution in [0.3, 0.4) is 0 Å². The minimum Gasteiger partial charge on any atom is -0.464 e. The van der Waals surface area contributed by atoms with Crippen LogP contribution >= 0.6 is 0 Å². The van der Waals surface area contributed by atoms with Gasteiger partial charge in [-0.15, -0.1) is 0 Å². The van der Waals surface area contributed by atoms with Crippen molar-refractivity contribution in [2.24, 2.45) is 0 Å². The van der Waals surface area contributed by atoms with Gasteiger partial charge < -0.3 is 10.1 Å². The zero-order valence-electron chi connectivity index (χ0n) is 9.71. The van der Waals surface area contributed by atoms with Crippen molar-refractivity contribution in [1.82, 2.24) is 5.32 Å². The predicted molar refractivity (Wildman–Crippen MR) is 59.4 cm³/mol. The molecule has 1 atom stereocenters. The molecule has 4 heteroatoms. The lowest BCUT2D eigenvalue weighted by Crippen LogP contribution is -2.46. The molecule has 1 unspecified atom stereocenters. The highest BCUT2D eigenvalue weighted by Gasteiger charge is 2.37. The largest absolute Gasteiger partial charge is 0.464 e. The highest BCUT2D eigenvalue weighted by atomic mass is 19.1. The van der Waals surface area contributed by atoms with Crippen molar-refractivity contribution in [3.8, 4) is 0 Å². The van der Waals surface area contributed by atoms with Gasteiger partial charge in [0.1, 0.15) is 11.4 Å². The normalized spacial score (nSPS) is 14.2. The van der Waals surface area contributed by atoms with Crippen molar-refractivity contribution in [3.05, 3.63) is 35.6 Å². The maximum absolute atomic E-state index is 13.6. The van der Waals surface area contributed by atoms with E-state index in [0.29, 0.717) is 0 Å². The van der Waals surface area contributed by atoms with Gasteiger partial charge in [-0.25, -0.2) is 9.18 Å². The van der Waals surface area contributed by atoms with Crippen molar-refractivity contribution in [3.63, 3.8) is 0 Å². The van der Waals surface area contributed by atoms with Gasteiger partial charge in [0.2, 0.25) is 0 Å². The Kier molecular flexibility index (Phi) is 4.01. The van der Waals surface area contributed by atoms with Gasteiger partial charge in [-0.05, 0) is 27.0 Å². The van der Waals surface area contributed by atoms with E-state index in [4.69, 9.17) is 4.74 Å². The summed E-state index contributed by atoms with van der Waals surface area (Å²) < 4.78 is 18.6. The number of esters is 1. The maximum atomic E-state index is 13.6. The van der Waals surface area contributed by atoms with Crippen molar-refractivity contribution < 1.29 is 13.9 Å².